The molecule has 0 unspecified atom stereocenters. The third-order valence-corrected chi connectivity index (χ3v) is 3.58. The Labute approximate surface area is 112 Å². The van der Waals surface area contributed by atoms with E-state index in [4.69, 9.17) is 5.11 Å². The lowest BCUT2D eigenvalue weighted by Gasteiger charge is -2.42. The lowest BCUT2D eigenvalue weighted by Crippen LogP contribution is -2.68. The summed E-state index contributed by atoms with van der Waals surface area (Å²) < 4.78 is 13.5. The zero-order valence-corrected chi connectivity index (χ0v) is 11.2. The normalized spacial score (nSPS) is 17.0. The molecular formula is C14H19FN2O2. The summed E-state index contributed by atoms with van der Waals surface area (Å²) in [5, 5.41) is 15.3. The molecule has 0 saturated carbocycles. The van der Waals surface area contributed by atoms with Crippen LogP contribution in [0.2, 0.25) is 0 Å². The topological polar surface area (TPSA) is 61.4 Å². The second-order valence-corrected chi connectivity index (χ2v) is 5.35. The number of carboxylic acids is 1. The molecule has 0 bridgehead atoms. The van der Waals surface area contributed by atoms with Gasteiger partial charge in [-0.2, -0.15) is 0 Å². The molecule has 0 amide bonds. The molecule has 1 heterocycles. The summed E-state index contributed by atoms with van der Waals surface area (Å²) in [4.78, 5) is 10.9. The molecule has 19 heavy (non-hydrogen) atoms. The van der Waals surface area contributed by atoms with Gasteiger partial charge in [0.2, 0.25) is 0 Å². The van der Waals surface area contributed by atoms with Crippen LogP contribution in [0.5, 0.6) is 0 Å². The maximum absolute atomic E-state index is 13.5. The highest BCUT2D eigenvalue weighted by molar-refractivity contribution is 5.68. The second-order valence-electron chi connectivity index (χ2n) is 5.35. The van der Waals surface area contributed by atoms with Crippen LogP contribution in [-0.2, 0) is 11.3 Å². The first kappa shape index (κ1) is 14.0. The summed E-state index contributed by atoms with van der Waals surface area (Å²) in [5.74, 6) is -0.977. The lowest BCUT2D eigenvalue weighted by molar-refractivity contribution is -0.139. The number of carbonyl (C=O) groups is 1. The van der Waals surface area contributed by atoms with Crippen molar-refractivity contribution >= 4 is 5.97 Å². The van der Waals surface area contributed by atoms with Crippen molar-refractivity contribution in [3.05, 3.63) is 34.6 Å². The molecule has 3 N–H and O–H groups in total. The fourth-order valence-electron chi connectivity index (χ4n) is 2.46. The highest BCUT2D eigenvalue weighted by Crippen LogP contribution is 2.19. The summed E-state index contributed by atoms with van der Waals surface area (Å²) >= 11 is 0. The van der Waals surface area contributed by atoms with E-state index < -0.39 is 5.97 Å². The Balaban J connectivity index is 2.04. The first-order valence-corrected chi connectivity index (χ1v) is 6.35. The Morgan fingerprint density at radius 2 is 2.00 bits per heavy atom. The predicted molar refractivity (Wildman–Crippen MR) is 70.6 cm³/mol. The number of carboxylic acid groups (broad SMARTS) is 1. The van der Waals surface area contributed by atoms with Crippen LogP contribution in [0, 0.1) is 19.7 Å². The van der Waals surface area contributed by atoms with Crippen molar-refractivity contribution in [2.75, 3.05) is 13.1 Å². The number of benzene rings is 1. The van der Waals surface area contributed by atoms with Crippen molar-refractivity contribution < 1.29 is 14.3 Å². The van der Waals surface area contributed by atoms with Crippen molar-refractivity contribution in [2.24, 2.45) is 0 Å². The van der Waals surface area contributed by atoms with Crippen LogP contribution in [0.15, 0.2) is 12.1 Å². The van der Waals surface area contributed by atoms with Crippen LogP contribution in [-0.4, -0.2) is 29.7 Å². The van der Waals surface area contributed by atoms with Crippen molar-refractivity contribution in [3.8, 4) is 0 Å². The Hall–Kier alpha value is -1.46. The van der Waals surface area contributed by atoms with Gasteiger partial charge in [0, 0.05) is 19.6 Å². The van der Waals surface area contributed by atoms with Gasteiger partial charge in [0.25, 0.3) is 0 Å². The van der Waals surface area contributed by atoms with Crippen LogP contribution in [0.25, 0.3) is 0 Å². The summed E-state index contributed by atoms with van der Waals surface area (Å²) in [5.41, 5.74) is 1.85. The van der Waals surface area contributed by atoms with Crippen LogP contribution >= 0.6 is 0 Å². The Morgan fingerprint density at radius 3 is 2.42 bits per heavy atom. The predicted octanol–water partition coefficient (Wildman–Crippen LogP) is 1.35. The van der Waals surface area contributed by atoms with Gasteiger partial charge in [0.15, 0.2) is 0 Å². The molecule has 0 aromatic heterocycles. The van der Waals surface area contributed by atoms with Gasteiger partial charge in [-0.25, -0.2) is 4.39 Å². The first-order chi connectivity index (χ1) is 8.92. The number of aliphatic carboxylic acids is 1. The molecule has 1 aliphatic rings. The SMILES string of the molecule is Cc1cc(CNC2(CC(=O)O)CNC2)cc(C)c1F. The number of halogens is 1. The van der Waals surface area contributed by atoms with Gasteiger partial charge in [-0.1, -0.05) is 12.1 Å². The maximum atomic E-state index is 13.5. The summed E-state index contributed by atoms with van der Waals surface area (Å²) in [6, 6.07) is 3.60. The number of nitrogens with one attached hydrogen (secondary N) is 2. The van der Waals surface area contributed by atoms with Crippen LogP contribution in [0.1, 0.15) is 23.1 Å². The summed E-state index contributed by atoms with van der Waals surface area (Å²) in [6.07, 6.45) is 0.0964. The van der Waals surface area contributed by atoms with Crippen molar-refractivity contribution in [3.63, 3.8) is 0 Å². The van der Waals surface area contributed by atoms with Gasteiger partial charge >= 0.3 is 5.97 Å². The van der Waals surface area contributed by atoms with Crippen molar-refractivity contribution in [1.29, 1.82) is 0 Å². The third kappa shape index (κ3) is 3.11. The molecular weight excluding hydrogens is 247 g/mol. The minimum atomic E-state index is -0.805. The van der Waals surface area contributed by atoms with E-state index in [1.165, 1.54) is 0 Å². The molecule has 0 radical (unpaired) electrons. The zero-order chi connectivity index (χ0) is 14.0. The average Bonchev–Trinajstić information content (AvgIpc) is 2.28. The molecule has 0 aliphatic carbocycles. The van der Waals surface area contributed by atoms with Gasteiger partial charge in [-0.05, 0) is 30.5 Å². The molecule has 1 aliphatic heterocycles. The largest absolute Gasteiger partial charge is 0.481 e. The van der Waals surface area contributed by atoms with Crippen LogP contribution < -0.4 is 10.6 Å². The van der Waals surface area contributed by atoms with E-state index in [1.807, 2.05) is 0 Å². The number of rotatable bonds is 5. The second kappa shape index (κ2) is 5.27. The molecule has 4 nitrogen and oxygen atoms in total. The molecule has 0 spiro atoms. The number of aryl methyl sites for hydroxylation is 2. The molecule has 1 aromatic rings. The molecule has 1 aromatic carbocycles. The van der Waals surface area contributed by atoms with E-state index >= 15 is 0 Å². The highest BCUT2D eigenvalue weighted by Gasteiger charge is 2.38. The molecule has 1 fully saturated rings. The minimum absolute atomic E-state index is 0.0964. The van der Waals surface area contributed by atoms with E-state index in [9.17, 15) is 9.18 Å². The highest BCUT2D eigenvalue weighted by atomic mass is 19.1. The lowest BCUT2D eigenvalue weighted by atomic mass is 9.88. The minimum Gasteiger partial charge on any atom is -0.481 e. The summed E-state index contributed by atoms with van der Waals surface area (Å²) in [7, 11) is 0. The van der Waals surface area contributed by atoms with Crippen LogP contribution in [0.4, 0.5) is 4.39 Å². The molecule has 2 rings (SSSR count). The van der Waals surface area contributed by atoms with E-state index in [0.29, 0.717) is 30.8 Å². The zero-order valence-electron chi connectivity index (χ0n) is 11.2. The summed E-state index contributed by atoms with van der Waals surface area (Å²) in [6.45, 7) is 5.33. The molecule has 104 valence electrons. The Kier molecular flexibility index (Phi) is 3.87. The third-order valence-electron chi connectivity index (χ3n) is 3.58. The van der Waals surface area contributed by atoms with E-state index in [2.05, 4.69) is 10.6 Å². The average molecular weight is 266 g/mol. The smallest absolute Gasteiger partial charge is 0.305 e. The monoisotopic (exact) mass is 266 g/mol. The maximum Gasteiger partial charge on any atom is 0.305 e. The van der Waals surface area contributed by atoms with Gasteiger partial charge in [0.1, 0.15) is 5.82 Å². The van der Waals surface area contributed by atoms with Gasteiger partial charge in [-0.15, -0.1) is 0 Å². The van der Waals surface area contributed by atoms with Gasteiger partial charge in [0.05, 0.1) is 12.0 Å². The number of hydrogen-bond donors (Lipinski definition) is 3. The van der Waals surface area contributed by atoms with E-state index in [-0.39, 0.29) is 17.8 Å². The number of hydrogen-bond acceptors (Lipinski definition) is 3. The van der Waals surface area contributed by atoms with Gasteiger partial charge in [-0.3, -0.25) is 4.79 Å². The fourth-order valence-corrected chi connectivity index (χ4v) is 2.46. The van der Waals surface area contributed by atoms with Crippen molar-refractivity contribution in [1.82, 2.24) is 10.6 Å². The quantitative estimate of drug-likeness (QED) is 0.753. The van der Waals surface area contributed by atoms with E-state index in [1.54, 1.807) is 26.0 Å². The van der Waals surface area contributed by atoms with Crippen LogP contribution in [0.3, 0.4) is 0 Å². The Bertz CT molecular complexity index is 475. The molecule has 0 atom stereocenters. The fraction of sp³-hybridized carbons (Fsp3) is 0.500. The molecule has 1 saturated heterocycles. The van der Waals surface area contributed by atoms with Crippen molar-refractivity contribution in [2.45, 2.75) is 32.4 Å². The van der Waals surface area contributed by atoms with Gasteiger partial charge < -0.3 is 15.7 Å². The van der Waals surface area contributed by atoms with E-state index in [0.717, 1.165) is 5.56 Å². The standard InChI is InChI=1S/C14H19FN2O2/c1-9-3-11(4-10(2)13(9)15)6-17-14(5-12(18)19)7-16-8-14/h3-4,16-17H,5-8H2,1-2H3,(H,18,19). The Morgan fingerprint density at radius 1 is 1.42 bits per heavy atom. The molecule has 5 heteroatoms. The first-order valence-electron chi connectivity index (χ1n) is 6.35.